The predicted molar refractivity (Wildman–Crippen MR) is 126 cm³/mol. The molecule has 2 atom stereocenters. The molecule has 0 saturated carbocycles. The fourth-order valence-corrected chi connectivity index (χ4v) is 4.42. The number of amides is 1. The summed E-state index contributed by atoms with van der Waals surface area (Å²) in [6.45, 7) is 4.74. The lowest BCUT2D eigenvalue weighted by molar-refractivity contribution is -0.126. The van der Waals surface area contributed by atoms with E-state index in [1.54, 1.807) is 6.07 Å². The fourth-order valence-electron chi connectivity index (χ4n) is 4.25. The zero-order valence-electron chi connectivity index (χ0n) is 18.2. The van der Waals surface area contributed by atoms with Crippen LogP contribution in [-0.4, -0.2) is 60.6 Å². The minimum atomic E-state index is -0.170. The second-order valence-corrected chi connectivity index (χ2v) is 8.47. The Bertz CT molecular complexity index is 997. The van der Waals surface area contributed by atoms with Crippen molar-refractivity contribution in [2.24, 2.45) is 10.9 Å². The summed E-state index contributed by atoms with van der Waals surface area (Å²) in [5, 5.41) is 16.1. The number of aliphatic hydroxyl groups excluding tert-OH is 1. The van der Waals surface area contributed by atoms with Crippen LogP contribution in [0.2, 0.25) is 5.02 Å². The average molecular weight is 457 g/mol. The van der Waals surface area contributed by atoms with Crippen LogP contribution in [0, 0.1) is 5.92 Å². The molecule has 0 spiro atoms. The van der Waals surface area contributed by atoms with Crippen LogP contribution in [0.15, 0.2) is 47.5 Å². The van der Waals surface area contributed by atoms with Crippen molar-refractivity contribution >= 4 is 29.0 Å². The Morgan fingerprint density at radius 1 is 1.34 bits per heavy atom. The van der Waals surface area contributed by atoms with Crippen molar-refractivity contribution in [2.45, 2.75) is 25.8 Å². The molecule has 2 aromatic carbocycles. The van der Waals surface area contributed by atoms with E-state index in [1.165, 1.54) is 0 Å². The number of amidine groups is 1. The van der Waals surface area contributed by atoms with Gasteiger partial charge in [0.05, 0.1) is 11.5 Å². The Kier molecular flexibility index (Phi) is 7.29. The number of hydrogen-bond donors (Lipinski definition) is 3. The summed E-state index contributed by atoms with van der Waals surface area (Å²) in [6, 6.07) is 13.3. The van der Waals surface area contributed by atoms with Crippen molar-refractivity contribution in [2.75, 3.05) is 32.8 Å². The van der Waals surface area contributed by atoms with Crippen molar-refractivity contribution in [3.63, 3.8) is 0 Å². The van der Waals surface area contributed by atoms with E-state index in [0.717, 1.165) is 36.7 Å². The monoisotopic (exact) mass is 456 g/mol. The lowest BCUT2D eigenvalue weighted by Gasteiger charge is -2.38. The average Bonchev–Trinajstić information content (AvgIpc) is 2.96. The first kappa shape index (κ1) is 22.6. The maximum Gasteiger partial charge on any atom is 0.224 e. The number of nitrogens with one attached hydrogen (secondary N) is 2. The Balaban J connectivity index is 1.62. The number of carbonyl (C=O) groups is 1. The lowest BCUT2D eigenvalue weighted by atomic mass is 9.93. The molecule has 170 valence electrons. The van der Waals surface area contributed by atoms with Crippen LogP contribution in [-0.2, 0) is 4.79 Å². The van der Waals surface area contributed by atoms with Gasteiger partial charge in [-0.1, -0.05) is 30.7 Å². The molecular weight excluding hydrogens is 428 g/mol. The maximum atomic E-state index is 12.8. The second kappa shape index (κ2) is 10.3. The zero-order valence-corrected chi connectivity index (χ0v) is 18.9. The van der Waals surface area contributed by atoms with Crippen LogP contribution in [0.3, 0.4) is 0 Å². The summed E-state index contributed by atoms with van der Waals surface area (Å²) in [4.78, 5) is 20.0. The molecule has 2 aliphatic heterocycles. The first-order chi connectivity index (χ1) is 15.6. The molecule has 1 fully saturated rings. The van der Waals surface area contributed by atoms with E-state index in [-0.39, 0.29) is 24.5 Å². The molecule has 8 heteroatoms. The molecule has 4 rings (SSSR count). The summed E-state index contributed by atoms with van der Waals surface area (Å²) < 4.78 is 6.17. The van der Waals surface area contributed by atoms with Crippen LogP contribution in [0.4, 0.5) is 5.69 Å². The maximum absolute atomic E-state index is 12.8. The number of rotatable bonds is 6. The van der Waals surface area contributed by atoms with Gasteiger partial charge >= 0.3 is 0 Å². The molecule has 0 radical (unpaired) electrons. The minimum Gasteiger partial charge on any atom is -0.454 e. The number of fused-ring (bicyclic) bond motifs is 2. The molecule has 0 unspecified atom stereocenters. The van der Waals surface area contributed by atoms with Crippen molar-refractivity contribution < 1.29 is 14.6 Å². The van der Waals surface area contributed by atoms with Gasteiger partial charge in [0, 0.05) is 43.9 Å². The van der Waals surface area contributed by atoms with Crippen LogP contribution in [0.25, 0.3) is 0 Å². The number of aliphatic hydroxyl groups is 1. The number of aliphatic imine (C=N–C) groups is 1. The summed E-state index contributed by atoms with van der Waals surface area (Å²) in [5.74, 6) is 2.08. The quantitative estimate of drug-likeness (QED) is 0.580. The van der Waals surface area contributed by atoms with Crippen LogP contribution in [0.5, 0.6) is 11.5 Å². The molecule has 1 saturated heterocycles. The zero-order chi connectivity index (χ0) is 22.5. The Morgan fingerprint density at radius 3 is 3.00 bits per heavy atom. The van der Waals surface area contributed by atoms with Gasteiger partial charge in [0.15, 0.2) is 5.75 Å². The van der Waals surface area contributed by atoms with Gasteiger partial charge in [-0.3, -0.25) is 4.79 Å². The van der Waals surface area contributed by atoms with Crippen LogP contribution >= 0.6 is 11.6 Å². The normalized spacial score (nSPS) is 18.5. The first-order valence-electron chi connectivity index (χ1n) is 11.1. The van der Waals surface area contributed by atoms with Gasteiger partial charge < -0.3 is 25.4 Å². The number of ether oxygens (including phenoxy) is 1. The summed E-state index contributed by atoms with van der Waals surface area (Å²) in [7, 11) is 0. The van der Waals surface area contributed by atoms with E-state index < -0.39 is 0 Å². The van der Waals surface area contributed by atoms with Gasteiger partial charge in [0.1, 0.15) is 17.3 Å². The van der Waals surface area contributed by atoms with Gasteiger partial charge in [-0.25, -0.2) is 4.99 Å². The van der Waals surface area contributed by atoms with E-state index in [2.05, 4.69) is 15.5 Å². The van der Waals surface area contributed by atoms with Crippen molar-refractivity contribution in [1.82, 2.24) is 15.5 Å². The van der Waals surface area contributed by atoms with Crippen LogP contribution < -0.4 is 15.4 Å². The van der Waals surface area contributed by atoms with Gasteiger partial charge in [0.25, 0.3) is 0 Å². The summed E-state index contributed by atoms with van der Waals surface area (Å²) in [5.41, 5.74) is 1.61. The van der Waals surface area contributed by atoms with Crippen molar-refractivity contribution in [3.05, 3.63) is 53.1 Å². The van der Waals surface area contributed by atoms with E-state index >= 15 is 0 Å². The van der Waals surface area contributed by atoms with E-state index in [0.29, 0.717) is 36.0 Å². The molecule has 0 bridgehead atoms. The molecule has 32 heavy (non-hydrogen) atoms. The number of nitrogens with zero attached hydrogens (tertiary/aromatic N) is 2. The summed E-state index contributed by atoms with van der Waals surface area (Å²) in [6.07, 6.45) is 1.28. The van der Waals surface area contributed by atoms with E-state index in [1.807, 2.05) is 43.3 Å². The number of carbonyl (C=O) groups excluding carboxylic acids is 1. The molecule has 2 aromatic rings. The molecule has 0 aliphatic carbocycles. The molecular formula is C24H29ClN4O3. The Hall–Kier alpha value is -2.61. The highest BCUT2D eigenvalue weighted by atomic mass is 35.5. The minimum absolute atomic E-state index is 0.0132. The highest BCUT2D eigenvalue weighted by Gasteiger charge is 2.33. The molecule has 0 aromatic heterocycles. The highest BCUT2D eigenvalue weighted by Crippen LogP contribution is 2.39. The standard InChI is InChI=1S/C24H29ClN4O3/c1-2-17(24(31)27-10-5-13-30)20-15-29(12-11-26-20)23-18-6-3-4-7-21(18)32-22-9-8-16(25)14-19(22)28-23/h3-4,6-9,14,17,20,26,30H,2,5,10-13,15H2,1H3,(H,27,31)/t17-,20-/m1/s1. The Labute approximate surface area is 193 Å². The molecule has 1 amide bonds. The highest BCUT2D eigenvalue weighted by molar-refractivity contribution is 6.31. The third-order valence-corrected chi connectivity index (χ3v) is 6.13. The van der Waals surface area contributed by atoms with Gasteiger partial charge in [0.2, 0.25) is 5.91 Å². The molecule has 3 N–H and O–H groups in total. The van der Waals surface area contributed by atoms with Gasteiger partial charge in [-0.05, 0) is 43.2 Å². The smallest absolute Gasteiger partial charge is 0.224 e. The fraction of sp³-hybridized carbons (Fsp3) is 0.417. The number of hydrogen-bond acceptors (Lipinski definition) is 6. The first-order valence-corrected chi connectivity index (χ1v) is 11.5. The molecule has 2 heterocycles. The second-order valence-electron chi connectivity index (χ2n) is 8.04. The van der Waals surface area contributed by atoms with Crippen molar-refractivity contribution in [3.8, 4) is 11.5 Å². The molecule has 2 aliphatic rings. The van der Waals surface area contributed by atoms with Gasteiger partial charge in [-0.15, -0.1) is 0 Å². The topological polar surface area (TPSA) is 86.2 Å². The lowest BCUT2D eigenvalue weighted by Crippen LogP contribution is -2.57. The summed E-state index contributed by atoms with van der Waals surface area (Å²) >= 11 is 6.24. The van der Waals surface area contributed by atoms with Gasteiger partial charge in [-0.2, -0.15) is 0 Å². The third-order valence-electron chi connectivity index (χ3n) is 5.90. The number of piperazine rings is 1. The number of halogens is 1. The van der Waals surface area contributed by atoms with E-state index in [9.17, 15) is 4.79 Å². The number of para-hydroxylation sites is 1. The van der Waals surface area contributed by atoms with E-state index in [4.69, 9.17) is 26.4 Å². The molecule has 7 nitrogen and oxygen atoms in total. The van der Waals surface area contributed by atoms with Crippen molar-refractivity contribution in [1.29, 1.82) is 0 Å². The predicted octanol–water partition coefficient (Wildman–Crippen LogP) is 3.32. The number of benzene rings is 2. The SMILES string of the molecule is CC[C@@H](C(=O)NCCCO)[C@H]1CN(C2=Nc3cc(Cl)ccc3Oc3ccccc32)CCN1. The third kappa shape index (κ3) is 4.90. The Morgan fingerprint density at radius 2 is 2.19 bits per heavy atom. The van der Waals surface area contributed by atoms with Crippen LogP contribution in [0.1, 0.15) is 25.3 Å². The largest absolute Gasteiger partial charge is 0.454 e.